The summed E-state index contributed by atoms with van der Waals surface area (Å²) >= 11 is 0. The Labute approximate surface area is 185 Å². The molecule has 0 N–H and O–H groups in total. The molecule has 4 rings (SSSR count). The van der Waals surface area contributed by atoms with Gasteiger partial charge in [0.2, 0.25) is 10.0 Å². The molecule has 0 amide bonds. The van der Waals surface area contributed by atoms with Gasteiger partial charge >= 0.3 is 5.97 Å². The molecule has 0 spiro atoms. The summed E-state index contributed by atoms with van der Waals surface area (Å²) in [5, 5.41) is 17.3. The summed E-state index contributed by atoms with van der Waals surface area (Å²) in [4.78, 5) is 12.5. The second-order valence-corrected chi connectivity index (χ2v) is 9.48. The predicted molar refractivity (Wildman–Crippen MR) is 115 cm³/mol. The van der Waals surface area contributed by atoms with Crippen molar-refractivity contribution in [2.24, 2.45) is 0 Å². The first-order valence-corrected chi connectivity index (χ1v) is 11.4. The molecule has 1 saturated heterocycles. The fourth-order valence-electron chi connectivity index (χ4n) is 3.74. The molecule has 2 aromatic carbocycles. The number of methoxy groups -OCH3 is 1. The Hall–Kier alpha value is -3.55. The van der Waals surface area contributed by atoms with Crippen LogP contribution in [-0.4, -0.2) is 53.4 Å². The average Bonchev–Trinajstić information content (AvgIpc) is 3.47. The highest BCUT2D eigenvalue weighted by atomic mass is 32.2. The van der Waals surface area contributed by atoms with Crippen LogP contribution in [0.4, 0.5) is 0 Å². The topological polar surface area (TPSA) is 118 Å². The number of hydrogen-bond donors (Lipinski definition) is 0. The van der Waals surface area contributed by atoms with E-state index in [0.717, 1.165) is 11.1 Å². The number of rotatable bonds is 5. The summed E-state index contributed by atoms with van der Waals surface area (Å²) in [5.41, 5.74) is 2.84. The van der Waals surface area contributed by atoms with Crippen molar-refractivity contribution >= 4 is 16.0 Å². The minimum absolute atomic E-state index is 0.0617. The number of sulfonamides is 1. The molecule has 2 heterocycles. The average molecular weight is 452 g/mol. The Kier molecular flexibility index (Phi) is 5.78. The summed E-state index contributed by atoms with van der Waals surface area (Å²) in [6, 6.07) is 14.1. The summed E-state index contributed by atoms with van der Waals surface area (Å²) in [5.74, 6) is -0.615. The number of ether oxygens (including phenoxy) is 1. The third kappa shape index (κ3) is 4.00. The van der Waals surface area contributed by atoms with E-state index in [4.69, 9.17) is 10.00 Å². The van der Waals surface area contributed by atoms with Crippen LogP contribution in [0.15, 0.2) is 59.6 Å². The molecule has 0 saturated carbocycles. The molecular formula is C22H21N5O4S. The molecule has 10 heteroatoms. The van der Waals surface area contributed by atoms with Gasteiger partial charge in [-0.3, -0.25) is 4.79 Å². The predicted octanol–water partition coefficient (Wildman–Crippen LogP) is 2.30. The van der Waals surface area contributed by atoms with Gasteiger partial charge in [0.05, 0.1) is 35.9 Å². The number of esters is 1. The Morgan fingerprint density at radius 3 is 2.47 bits per heavy atom. The van der Waals surface area contributed by atoms with Crippen LogP contribution in [0.25, 0.3) is 11.3 Å². The monoisotopic (exact) mass is 451 g/mol. The standard InChI is InChI=1S/C22H21N5O4S/c1-15-3-9-19(10-4-15)32(29,30)27-13-18(11-21(27)22(28)31-2)26-14-20(24-25-26)17-7-5-16(12-23)6-8-17/h3-10,14,18,21H,11,13H2,1-2H3/t18-,21-/m0/s1. The quantitative estimate of drug-likeness (QED) is 0.546. The molecule has 32 heavy (non-hydrogen) atoms. The van der Waals surface area contributed by atoms with Crippen LogP contribution >= 0.6 is 0 Å². The van der Waals surface area contributed by atoms with E-state index in [-0.39, 0.29) is 23.9 Å². The minimum atomic E-state index is -3.91. The summed E-state index contributed by atoms with van der Waals surface area (Å²) in [6.45, 7) is 1.93. The summed E-state index contributed by atoms with van der Waals surface area (Å²) in [7, 11) is -2.67. The molecular weight excluding hydrogens is 430 g/mol. The molecule has 1 aromatic heterocycles. The van der Waals surface area contributed by atoms with Gasteiger partial charge in [0.15, 0.2) is 0 Å². The number of benzene rings is 2. The molecule has 164 valence electrons. The Morgan fingerprint density at radius 1 is 1.16 bits per heavy atom. The van der Waals surface area contributed by atoms with E-state index in [1.54, 1.807) is 47.3 Å². The molecule has 3 aromatic rings. The van der Waals surface area contributed by atoms with Crippen LogP contribution < -0.4 is 0 Å². The lowest BCUT2D eigenvalue weighted by Crippen LogP contribution is -2.41. The number of hydrogen-bond acceptors (Lipinski definition) is 7. The Bertz CT molecular complexity index is 1280. The van der Waals surface area contributed by atoms with E-state index in [1.807, 2.05) is 6.92 Å². The number of aryl methyl sites for hydroxylation is 1. The van der Waals surface area contributed by atoms with E-state index in [0.29, 0.717) is 11.3 Å². The lowest BCUT2D eigenvalue weighted by atomic mass is 10.1. The molecule has 2 atom stereocenters. The van der Waals surface area contributed by atoms with E-state index >= 15 is 0 Å². The van der Waals surface area contributed by atoms with Crippen molar-refractivity contribution in [1.29, 1.82) is 5.26 Å². The van der Waals surface area contributed by atoms with Crippen LogP contribution in [0.5, 0.6) is 0 Å². The summed E-state index contributed by atoms with van der Waals surface area (Å²) in [6.07, 6.45) is 1.93. The first-order chi connectivity index (χ1) is 15.3. The zero-order chi connectivity index (χ0) is 22.9. The summed E-state index contributed by atoms with van der Waals surface area (Å²) < 4.78 is 34.2. The van der Waals surface area contributed by atoms with Gasteiger partial charge in [0.1, 0.15) is 11.7 Å². The first kappa shape index (κ1) is 21.7. The third-order valence-electron chi connectivity index (χ3n) is 5.53. The zero-order valence-corrected chi connectivity index (χ0v) is 18.4. The minimum Gasteiger partial charge on any atom is -0.468 e. The van der Waals surface area contributed by atoms with Gasteiger partial charge in [-0.1, -0.05) is 35.0 Å². The smallest absolute Gasteiger partial charge is 0.324 e. The van der Waals surface area contributed by atoms with Crippen molar-refractivity contribution in [3.8, 4) is 17.3 Å². The molecule has 0 radical (unpaired) electrons. The fourth-order valence-corrected chi connectivity index (χ4v) is 5.37. The van der Waals surface area contributed by atoms with Crippen LogP contribution in [0.2, 0.25) is 0 Å². The Balaban J connectivity index is 1.63. The van der Waals surface area contributed by atoms with Crippen molar-refractivity contribution in [1.82, 2.24) is 19.3 Å². The van der Waals surface area contributed by atoms with Gasteiger partial charge in [-0.05, 0) is 37.6 Å². The van der Waals surface area contributed by atoms with Gasteiger partial charge in [-0.15, -0.1) is 5.10 Å². The number of aromatic nitrogens is 3. The molecule has 0 unspecified atom stereocenters. The maximum Gasteiger partial charge on any atom is 0.324 e. The van der Waals surface area contributed by atoms with Crippen LogP contribution in [0.3, 0.4) is 0 Å². The third-order valence-corrected chi connectivity index (χ3v) is 7.42. The van der Waals surface area contributed by atoms with Crippen molar-refractivity contribution in [2.75, 3.05) is 13.7 Å². The highest BCUT2D eigenvalue weighted by molar-refractivity contribution is 7.89. The largest absolute Gasteiger partial charge is 0.468 e. The Morgan fingerprint density at radius 2 is 1.84 bits per heavy atom. The van der Waals surface area contributed by atoms with Gasteiger partial charge < -0.3 is 4.74 Å². The van der Waals surface area contributed by atoms with Crippen LogP contribution in [0, 0.1) is 18.3 Å². The highest BCUT2D eigenvalue weighted by Gasteiger charge is 2.45. The lowest BCUT2D eigenvalue weighted by Gasteiger charge is -2.22. The molecule has 0 aliphatic carbocycles. The first-order valence-electron chi connectivity index (χ1n) is 9.92. The molecule has 9 nitrogen and oxygen atoms in total. The highest BCUT2D eigenvalue weighted by Crippen LogP contribution is 2.33. The normalized spacial score (nSPS) is 18.9. The van der Waals surface area contributed by atoms with Crippen molar-refractivity contribution in [2.45, 2.75) is 30.3 Å². The van der Waals surface area contributed by atoms with Crippen molar-refractivity contribution < 1.29 is 17.9 Å². The molecule has 1 aliphatic rings. The molecule has 1 fully saturated rings. The lowest BCUT2D eigenvalue weighted by molar-refractivity contribution is -0.144. The van der Waals surface area contributed by atoms with Crippen LogP contribution in [0.1, 0.15) is 23.6 Å². The maximum atomic E-state index is 13.3. The number of carbonyl (C=O) groups is 1. The van der Waals surface area contributed by atoms with Gasteiger partial charge in [0, 0.05) is 12.1 Å². The van der Waals surface area contributed by atoms with E-state index in [1.165, 1.54) is 23.5 Å². The second kappa shape index (κ2) is 8.53. The van der Waals surface area contributed by atoms with Crippen LogP contribution in [-0.2, 0) is 19.6 Å². The van der Waals surface area contributed by atoms with Gasteiger partial charge in [-0.2, -0.15) is 9.57 Å². The fraction of sp³-hybridized carbons (Fsp3) is 0.273. The molecule has 0 bridgehead atoms. The molecule has 1 aliphatic heterocycles. The zero-order valence-electron chi connectivity index (χ0n) is 17.5. The van der Waals surface area contributed by atoms with E-state index in [9.17, 15) is 13.2 Å². The van der Waals surface area contributed by atoms with E-state index in [2.05, 4.69) is 16.4 Å². The van der Waals surface area contributed by atoms with Crippen molar-refractivity contribution in [3.63, 3.8) is 0 Å². The van der Waals surface area contributed by atoms with Gasteiger partial charge in [0.25, 0.3) is 0 Å². The maximum absolute atomic E-state index is 13.3. The SMILES string of the molecule is COC(=O)[C@@H]1C[C@H](n2cc(-c3ccc(C#N)cc3)nn2)CN1S(=O)(=O)c1ccc(C)cc1. The van der Waals surface area contributed by atoms with Gasteiger partial charge in [-0.25, -0.2) is 13.1 Å². The number of nitriles is 1. The number of carbonyl (C=O) groups excluding carboxylic acids is 1. The van der Waals surface area contributed by atoms with Crippen molar-refractivity contribution in [3.05, 3.63) is 65.9 Å². The number of nitrogens with zero attached hydrogens (tertiary/aromatic N) is 5. The second-order valence-electron chi connectivity index (χ2n) is 7.59. The van der Waals surface area contributed by atoms with E-state index < -0.39 is 22.0 Å².